The third kappa shape index (κ3) is 4.63. The Hall–Kier alpha value is -2.20. The van der Waals surface area contributed by atoms with Crippen LogP contribution in [-0.2, 0) is 4.79 Å². The second-order valence-corrected chi connectivity index (χ2v) is 5.55. The third-order valence-electron chi connectivity index (χ3n) is 3.44. The van der Waals surface area contributed by atoms with Gasteiger partial charge in [0.1, 0.15) is 11.5 Å². The van der Waals surface area contributed by atoms with Crippen LogP contribution in [0.25, 0.3) is 0 Å². The predicted molar refractivity (Wildman–Crippen MR) is 92.5 cm³/mol. The van der Waals surface area contributed by atoms with E-state index >= 15 is 0 Å². The van der Waals surface area contributed by atoms with E-state index < -0.39 is 6.10 Å². The molecule has 0 bridgehead atoms. The van der Waals surface area contributed by atoms with Crippen molar-refractivity contribution in [3.05, 3.63) is 53.1 Å². The molecule has 0 aromatic heterocycles. The van der Waals surface area contributed by atoms with E-state index in [-0.39, 0.29) is 5.91 Å². The number of hydrogen-bond acceptors (Lipinski definition) is 3. The Balaban J connectivity index is 2.03. The zero-order chi connectivity index (χ0) is 16.8. The number of benzene rings is 2. The molecule has 5 heteroatoms. The minimum absolute atomic E-state index is 0.205. The maximum absolute atomic E-state index is 12.4. The topological polar surface area (TPSA) is 47.6 Å². The second kappa shape index (κ2) is 7.88. The Morgan fingerprint density at radius 2 is 1.83 bits per heavy atom. The van der Waals surface area contributed by atoms with Crippen LogP contribution in [0.4, 0.5) is 5.69 Å². The molecule has 1 amide bonds. The SMILES string of the molecule is CC[C@@H](Oc1ccc(OC)cc1)C(=O)Nc1ccc(C)c(Cl)c1. The van der Waals surface area contributed by atoms with E-state index in [0.717, 1.165) is 11.3 Å². The normalized spacial score (nSPS) is 11.7. The van der Waals surface area contributed by atoms with Gasteiger partial charge >= 0.3 is 0 Å². The summed E-state index contributed by atoms with van der Waals surface area (Å²) >= 11 is 6.07. The Morgan fingerprint density at radius 3 is 2.39 bits per heavy atom. The molecule has 0 spiro atoms. The third-order valence-corrected chi connectivity index (χ3v) is 3.85. The van der Waals surface area contributed by atoms with Gasteiger partial charge in [-0.15, -0.1) is 0 Å². The molecule has 0 saturated heterocycles. The number of carbonyl (C=O) groups excluding carboxylic acids is 1. The van der Waals surface area contributed by atoms with Crippen LogP contribution in [0.5, 0.6) is 11.5 Å². The average Bonchev–Trinajstić information content (AvgIpc) is 2.56. The number of nitrogens with one attached hydrogen (secondary N) is 1. The molecule has 2 aromatic carbocycles. The zero-order valence-corrected chi connectivity index (χ0v) is 14.2. The van der Waals surface area contributed by atoms with Crippen LogP contribution < -0.4 is 14.8 Å². The summed E-state index contributed by atoms with van der Waals surface area (Å²) in [4.78, 5) is 12.4. The lowest BCUT2D eigenvalue weighted by molar-refractivity contribution is -0.122. The highest BCUT2D eigenvalue weighted by atomic mass is 35.5. The quantitative estimate of drug-likeness (QED) is 0.849. The molecule has 1 atom stereocenters. The number of ether oxygens (including phenoxy) is 2. The van der Waals surface area contributed by atoms with Crippen LogP contribution in [0.15, 0.2) is 42.5 Å². The first-order chi connectivity index (χ1) is 11.0. The molecular weight excluding hydrogens is 314 g/mol. The summed E-state index contributed by atoms with van der Waals surface area (Å²) in [6, 6.07) is 12.5. The van der Waals surface area contributed by atoms with Crippen molar-refractivity contribution in [3.8, 4) is 11.5 Å². The van der Waals surface area contributed by atoms with Crippen LogP contribution in [-0.4, -0.2) is 19.1 Å². The fourth-order valence-electron chi connectivity index (χ4n) is 2.03. The second-order valence-electron chi connectivity index (χ2n) is 5.14. The summed E-state index contributed by atoms with van der Waals surface area (Å²) in [5.41, 5.74) is 1.62. The van der Waals surface area contributed by atoms with Gasteiger partial charge in [-0.05, 0) is 55.3 Å². The van der Waals surface area contributed by atoms with Gasteiger partial charge in [-0.2, -0.15) is 0 Å². The molecule has 0 unspecified atom stereocenters. The van der Waals surface area contributed by atoms with Crippen molar-refractivity contribution in [2.45, 2.75) is 26.4 Å². The summed E-state index contributed by atoms with van der Waals surface area (Å²) in [6.07, 6.45) is -0.0271. The number of aryl methyl sites for hydroxylation is 1. The van der Waals surface area contributed by atoms with Gasteiger partial charge in [0.2, 0.25) is 0 Å². The van der Waals surface area contributed by atoms with Crippen LogP contribution in [0.3, 0.4) is 0 Å². The van der Waals surface area contributed by atoms with Crippen molar-refractivity contribution in [3.63, 3.8) is 0 Å². The van der Waals surface area contributed by atoms with Crippen LogP contribution in [0, 0.1) is 6.92 Å². The first-order valence-corrected chi connectivity index (χ1v) is 7.79. The van der Waals surface area contributed by atoms with Gasteiger partial charge < -0.3 is 14.8 Å². The van der Waals surface area contributed by atoms with Crippen molar-refractivity contribution < 1.29 is 14.3 Å². The van der Waals surface area contributed by atoms with Gasteiger partial charge in [-0.1, -0.05) is 24.6 Å². The first kappa shape index (κ1) is 17.2. The summed E-state index contributed by atoms with van der Waals surface area (Å²) in [5.74, 6) is 1.15. The minimum atomic E-state index is -0.580. The molecule has 2 rings (SSSR count). The van der Waals surface area contributed by atoms with E-state index in [4.69, 9.17) is 21.1 Å². The number of rotatable bonds is 6. The molecule has 0 heterocycles. The van der Waals surface area contributed by atoms with Crippen molar-refractivity contribution in [1.82, 2.24) is 0 Å². The van der Waals surface area contributed by atoms with Gasteiger partial charge in [0, 0.05) is 10.7 Å². The number of amides is 1. The fourth-order valence-corrected chi connectivity index (χ4v) is 2.21. The van der Waals surface area contributed by atoms with Gasteiger partial charge in [-0.25, -0.2) is 0 Å². The number of anilines is 1. The van der Waals surface area contributed by atoms with E-state index in [9.17, 15) is 4.79 Å². The maximum Gasteiger partial charge on any atom is 0.265 e. The highest BCUT2D eigenvalue weighted by Gasteiger charge is 2.18. The predicted octanol–water partition coefficient (Wildman–Crippen LogP) is 4.45. The standard InChI is InChI=1S/C18H20ClNO3/c1-4-17(23-15-9-7-14(22-3)8-10-15)18(21)20-13-6-5-12(2)16(19)11-13/h5-11,17H,4H2,1-3H3,(H,20,21)/t17-/m1/s1. The van der Waals surface area contributed by atoms with Crippen molar-refractivity contribution in [2.24, 2.45) is 0 Å². The lowest BCUT2D eigenvalue weighted by Crippen LogP contribution is -2.32. The molecule has 0 aliphatic carbocycles. The van der Waals surface area contributed by atoms with Gasteiger partial charge in [0.05, 0.1) is 7.11 Å². The van der Waals surface area contributed by atoms with Crippen molar-refractivity contribution >= 4 is 23.2 Å². The van der Waals surface area contributed by atoms with Gasteiger partial charge in [-0.3, -0.25) is 4.79 Å². The van der Waals surface area contributed by atoms with Gasteiger partial charge in [0.15, 0.2) is 6.10 Å². The molecule has 23 heavy (non-hydrogen) atoms. The molecule has 0 saturated carbocycles. The maximum atomic E-state index is 12.4. The Morgan fingerprint density at radius 1 is 1.17 bits per heavy atom. The summed E-state index contributed by atoms with van der Waals surface area (Å²) < 4.78 is 10.9. The van der Waals surface area contributed by atoms with Crippen LogP contribution in [0.1, 0.15) is 18.9 Å². The average molecular weight is 334 g/mol. The Kier molecular flexibility index (Phi) is 5.88. The summed E-state index contributed by atoms with van der Waals surface area (Å²) in [5, 5.41) is 3.45. The van der Waals surface area contributed by atoms with E-state index in [1.165, 1.54) is 0 Å². The highest BCUT2D eigenvalue weighted by molar-refractivity contribution is 6.31. The molecule has 0 radical (unpaired) electrons. The summed E-state index contributed by atoms with van der Waals surface area (Å²) in [6.45, 7) is 3.81. The van der Waals surface area contributed by atoms with Crippen molar-refractivity contribution in [2.75, 3.05) is 12.4 Å². The molecule has 2 aromatic rings. The number of hydrogen-bond donors (Lipinski definition) is 1. The molecule has 0 fully saturated rings. The number of halogens is 1. The smallest absolute Gasteiger partial charge is 0.265 e. The number of methoxy groups -OCH3 is 1. The van der Waals surface area contributed by atoms with E-state index in [0.29, 0.717) is 22.9 Å². The molecule has 0 aliphatic heterocycles. The lowest BCUT2D eigenvalue weighted by Gasteiger charge is -2.17. The van der Waals surface area contributed by atoms with Crippen LogP contribution in [0.2, 0.25) is 5.02 Å². The Labute approximate surface area is 141 Å². The summed E-state index contributed by atoms with van der Waals surface area (Å²) in [7, 11) is 1.60. The zero-order valence-electron chi connectivity index (χ0n) is 13.4. The van der Waals surface area contributed by atoms with E-state index in [1.807, 2.05) is 26.0 Å². The Bertz CT molecular complexity index is 670. The monoisotopic (exact) mass is 333 g/mol. The lowest BCUT2D eigenvalue weighted by atomic mass is 10.2. The molecular formula is C18H20ClNO3. The largest absolute Gasteiger partial charge is 0.497 e. The number of carbonyl (C=O) groups is 1. The fraction of sp³-hybridized carbons (Fsp3) is 0.278. The van der Waals surface area contributed by atoms with Gasteiger partial charge in [0.25, 0.3) is 5.91 Å². The van der Waals surface area contributed by atoms with Crippen molar-refractivity contribution in [1.29, 1.82) is 0 Å². The van der Waals surface area contributed by atoms with Crippen LogP contribution >= 0.6 is 11.6 Å². The van der Waals surface area contributed by atoms with E-state index in [1.54, 1.807) is 37.4 Å². The van der Waals surface area contributed by atoms with E-state index in [2.05, 4.69) is 5.32 Å². The first-order valence-electron chi connectivity index (χ1n) is 7.41. The minimum Gasteiger partial charge on any atom is -0.497 e. The molecule has 4 nitrogen and oxygen atoms in total. The molecule has 122 valence electrons. The molecule has 1 N–H and O–H groups in total. The molecule has 0 aliphatic rings. The highest BCUT2D eigenvalue weighted by Crippen LogP contribution is 2.22.